The molecule has 1 fully saturated rings. The Morgan fingerprint density at radius 1 is 1.50 bits per heavy atom. The van der Waals surface area contributed by atoms with E-state index in [4.69, 9.17) is 9.47 Å². The van der Waals surface area contributed by atoms with Crippen LogP contribution in [-0.4, -0.2) is 63.9 Å². The summed E-state index contributed by atoms with van der Waals surface area (Å²) in [4.78, 5) is 22.7. The molecule has 2 atom stereocenters. The molecule has 0 aromatic carbocycles. The van der Waals surface area contributed by atoms with E-state index in [0.717, 1.165) is 12.2 Å². The Morgan fingerprint density at radius 2 is 2.38 bits per heavy atom. The first-order chi connectivity index (χ1) is 11.7. The summed E-state index contributed by atoms with van der Waals surface area (Å²) in [5, 5.41) is 6.79. The smallest absolute Gasteiger partial charge is 0.276 e. The van der Waals surface area contributed by atoms with Crippen molar-refractivity contribution in [2.45, 2.75) is 25.4 Å². The summed E-state index contributed by atoms with van der Waals surface area (Å²) < 4.78 is 11.3. The SMILES string of the molecule is CCOc1cccnc1C(=O)N(C)C[C@H]1OCC[C@H]1c1ncn[nH]1. The molecule has 3 heterocycles. The van der Waals surface area contributed by atoms with Gasteiger partial charge in [0.05, 0.1) is 12.7 Å². The first kappa shape index (κ1) is 16.4. The van der Waals surface area contributed by atoms with Gasteiger partial charge >= 0.3 is 0 Å². The largest absolute Gasteiger partial charge is 0.491 e. The highest BCUT2D eigenvalue weighted by atomic mass is 16.5. The molecule has 1 N–H and O–H groups in total. The third kappa shape index (κ3) is 3.38. The van der Waals surface area contributed by atoms with Gasteiger partial charge < -0.3 is 14.4 Å². The number of aromatic nitrogens is 4. The summed E-state index contributed by atoms with van der Waals surface area (Å²) in [5.41, 5.74) is 0.316. The average Bonchev–Trinajstić information content (AvgIpc) is 3.26. The quantitative estimate of drug-likeness (QED) is 0.856. The minimum absolute atomic E-state index is 0.109. The molecule has 0 aliphatic carbocycles. The first-order valence-electron chi connectivity index (χ1n) is 8.00. The number of rotatable bonds is 6. The van der Waals surface area contributed by atoms with Gasteiger partial charge in [-0.15, -0.1) is 0 Å². The van der Waals surface area contributed by atoms with Crippen molar-refractivity contribution < 1.29 is 14.3 Å². The van der Waals surface area contributed by atoms with E-state index in [2.05, 4.69) is 20.2 Å². The van der Waals surface area contributed by atoms with Crippen LogP contribution < -0.4 is 4.74 Å². The Morgan fingerprint density at radius 3 is 3.12 bits per heavy atom. The molecule has 0 bridgehead atoms. The lowest BCUT2D eigenvalue weighted by Crippen LogP contribution is -2.37. The van der Waals surface area contributed by atoms with Crippen LogP contribution in [0.3, 0.4) is 0 Å². The molecule has 0 radical (unpaired) electrons. The second-order valence-corrected chi connectivity index (χ2v) is 5.64. The molecular formula is C16H21N5O3. The average molecular weight is 331 g/mol. The molecule has 1 aliphatic heterocycles. The van der Waals surface area contributed by atoms with Crippen LogP contribution in [0.1, 0.15) is 35.6 Å². The minimum Gasteiger partial charge on any atom is -0.491 e. The highest BCUT2D eigenvalue weighted by molar-refractivity contribution is 5.94. The van der Waals surface area contributed by atoms with Gasteiger partial charge in [-0.2, -0.15) is 5.10 Å². The zero-order valence-electron chi connectivity index (χ0n) is 13.8. The molecule has 0 unspecified atom stereocenters. The number of H-pyrrole nitrogens is 1. The summed E-state index contributed by atoms with van der Waals surface area (Å²) >= 11 is 0. The highest BCUT2D eigenvalue weighted by Crippen LogP contribution is 2.29. The topological polar surface area (TPSA) is 93.2 Å². The maximum absolute atomic E-state index is 12.7. The molecule has 0 saturated carbocycles. The molecule has 128 valence electrons. The number of likely N-dealkylation sites (N-methyl/N-ethyl adjacent to an activating group) is 1. The number of amides is 1. The van der Waals surface area contributed by atoms with Crippen molar-refractivity contribution in [3.8, 4) is 5.75 Å². The lowest BCUT2D eigenvalue weighted by Gasteiger charge is -2.24. The monoisotopic (exact) mass is 331 g/mol. The van der Waals surface area contributed by atoms with Gasteiger partial charge in [-0.25, -0.2) is 9.97 Å². The van der Waals surface area contributed by atoms with Gasteiger partial charge in [0.2, 0.25) is 0 Å². The van der Waals surface area contributed by atoms with Gasteiger partial charge in [0.1, 0.15) is 12.2 Å². The maximum Gasteiger partial charge on any atom is 0.276 e. The van der Waals surface area contributed by atoms with Crippen LogP contribution in [0, 0.1) is 0 Å². The number of nitrogens with zero attached hydrogens (tertiary/aromatic N) is 4. The molecule has 2 aromatic heterocycles. The normalized spacial score (nSPS) is 20.1. The number of carbonyl (C=O) groups is 1. The highest BCUT2D eigenvalue weighted by Gasteiger charge is 2.34. The number of ether oxygens (including phenoxy) is 2. The molecule has 2 aromatic rings. The van der Waals surface area contributed by atoms with E-state index < -0.39 is 0 Å². The molecule has 1 saturated heterocycles. The number of hydrogen-bond donors (Lipinski definition) is 1. The van der Waals surface area contributed by atoms with E-state index >= 15 is 0 Å². The van der Waals surface area contributed by atoms with Crippen molar-refractivity contribution in [2.24, 2.45) is 0 Å². The number of carbonyl (C=O) groups excluding carboxylic acids is 1. The number of nitrogens with one attached hydrogen (secondary N) is 1. The second kappa shape index (κ2) is 7.39. The van der Waals surface area contributed by atoms with Crippen molar-refractivity contribution in [1.29, 1.82) is 0 Å². The lowest BCUT2D eigenvalue weighted by molar-refractivity contribution is 0.0543. The third-order valence-corrected chi connectivity index (χ3v) is 4.07. The van der Waals surface area contributed by atoms with E-state index in [-0.39, 0.29) is 17.9 Å². The summed E-state index contributed by atoms with van der Waals surface area (Å²) in [6.07, 6.45) is 3.82. The van der Waals surface area contributed by atoms with Crippen molar-refractivity contribution >= 4 is 5.91 Å². The van der Waals surface area contributed by atoms with Crippen LogP contribution in [0.15, 0.2) is 24.7 Å². The van der Waals surface area contributed by atoms with Crippen molar-refractivity contribution in [1.82, 2.24) is 25.1 Å². The summed E-state index contributed by atoms with van der Waals surface area (Å²) in [6, 6.07) is 3.50. The fourth-order valence-electron chi connectivity index (χ4n) is 2.89. The van der Waals surface area contributed by atoms with Gasteiger partial charge in [-0.3, -0.25) is 9.89 Å². The zero-order valence-corrected chi connectivity index (χ0v) is 13.8. The lowest BCUT2D eigenvalue weighted by atomic mass is 10.0. The third-order valence-electron chi connectivity index (χ3n) is 4.07. The summed E-state index contributed by atoms with van der Waals surface area (Å²) in [7, 11) is 1.74. The molecule has 8 nitrogen and oxygen atoms in total. The van der Waals surface area contributed by atoms with Gasteiger partial charge in [0.15, 0.2) is 11.4 Å². The van der Waals surface area contributed by atoms with E-state index in [0.29, 0.717) is 31.2 Å². The van der Waals surface area contributed by atoms with Crippen LogP contribution in [0.5, 0.6) is 5.75 Å². The fourth-order valence-corrected chi connectivity index (χ4v) is 2.89. The van der Waals surface area contributed by atoms with E-state index in [1.807, 2.05) is 6.92 Å². The van der Waals surface area contributed by atoms with Crippen LogP contribution in [0.25, 0.3) is 0 Å². The molecule has 1 amide bonds. The van der Waals surface area contributed by atoms with E-state index in [1.54, 1.807) is 30.3 Å². The van der Waals surface area contributed by atoms with Gasteiger partial charge in [0.25, 0.3) is 5.91 Å². The Bertz CT molecular complexity index is 676. The van der Waals surface area contributed by atoms with Crippen molar-refractivity contribution in [2.75, 3.05) is 26.8 Å². The van der Waals surface area contributed by atoms with Crippen molar-refractivity contribution in [3.05, 3.63) is 36.2 Å². The Kier molecular flexibility index (Phi) is 5.05. The molecular weight excluding hydrogens is 310 g/mol. The van der Waals surface area contributed by atoms with Gasteiger partial charge in [0, 0.05) is 32.3 Å². The molecule has 24 heavy (non-hydrogen) atoms. The van der Waals surface area contributed by atoms with Crippen molar-refractivity contribution in [3.63, 3.8) is 0 Å². The Balaban J connectivity index is 1.70. The van der Waals surface area contributed by atoms with Gasteiger partial charge in [-0.1, -0.05) is 0 Å². The maximum atomic E-state index is 12.7. The van der Waals surface area contributed by atoms with Crippen LogP contribution in [0.2, 0.25) is 0 Å². The Labute approximate surface area is 140 Å². The summed E-state index contributed by atoms with van der Waals surface area (Å²) in [5.74, 6) is 1.21. The van der Waals surface area contributed by atoms with Gasteiger partial charge in [-0.05, 0) is 25.5 Å². The molecule has 0 spiro atoms. The second-order valence-electron chi connectivity index (χ2n) is 5.64. The fraction of sp³-hybridized carbons (Fsp3) is 0.500. The molecule has 3 rings (SSSR count). The van der Waals surface area contributed by atoms with E-state index in [1.165, 1.54) is 6.33 Å². The van der Waals surface area contributed by atoms with Crippen LogP contribution >= 0.6 is 0 Å². The van der Waals surface area contributed by atoms with Crippen LogP contribution in [0.4, 0.5) is 0 Å². The van der Waals surface area contributed by atoms with Crippen LogP contribution in [-0.2, 0) is 4.74 Å². The predicted molar refractivity (Wildman–Crippen MR) is 85.8 cm³/mol. The molecule has 8 heteroatoms. The van der Waals surface area contributed by atoms with E-state index in [9.17, 15) is 4.79 Å². The number of pyridine rings is 1. The molecule has 1 aliphatic rings. The number of hydrogen-bond acceptors (Lipinski definition) is 6. The Hall–Kier alpha value is -2.48. The standard InChI is InChI=1S/C16H21N5O3/c1-3-23-12-5-4-7-17-14(12)16(22)21(2)9-13-11(6-8-24-13)15-18-10-19-20-15/h4-5,7,10-11,13H,3,6,8-9H2,1-2H3,(H,18,19,20)/t11-,13-/m1/s1. The first-order valence-corrected chi connectivity index (χ1v) is 8.00. The predicted octanol–water partition coefficient (Wildman–Crippen LogP) is 1.24. The minimum atomic E-state index is -0.189. The number of aromatic amines is 1. The summed E-state index contributed by atoms with van der Waals surface area (Å²) in [6.45, 7) is 3.45. The zero-order chi connectivity index (χ0) is 16.9.